The molecule has 0 N–H and O–H groups in total. The van der Waals surface area contributed by atoms with E-state index in [0.717, 1.165) is 67.9 Å². The molecule has 31 heavy (non-hydrogen) atoms. The first-order valence-corrected chi connectivity index (χ1v) is 11.3. The van der Waals surface area contributed by atoms with Gasteiger partial charge >= 0.3 is 0 Å². The molecule has 1 fully saturated rings. The number of hydrogen-bond acceptors (Lipinski definition) is 3. The second kappa shape index (κ2) is 9.60. The van der Waals surface area contributed by atoms with Gasteiger partial charge in [-0.2, -0.15) is 0 Å². The van der Waals surface area contributed by atoms with Crippen molar-refractivity contribution >= 4 is 16.9 Å². The molecule has 3 aromatic rings. The van der Waals surface area contributed by atoms with E-state index in [0.29, 0.717) is 6.54 Å². The molecule has 0 radical (unpaired) electrons. The molecule has 0 aliphatic carbocycles. The smallest absolute Gasteiger partial charge is 0.226 e. The van der Waals surface area contributed by atoms with Crippen molar-refractivity contribution in [3.8, 4) is 5.69 Å². The summed E-state index contributed by atoms with van der Waals surface area (Å²) in [6.07, 6.45) is 4.09. The van der Waals surface area contributed by atoms with Crippen LogP contribution in [-0.4, -0.2) is 51.9 Å². The molecule has 0 bridgehead atoms. The number of fused-ring (bicyclic) bond motifs is 1. The van der Waals surface area contributed by atoms with Gasteiger partial charge in [0.25, 0.3) is 0 Å². The van der Waals surface area contributed by atoms with Gasteiger partial charge in [0.2, 0.25) is 5.91 Å². The zero-order valence-corrected chi connectivity index (χ0v) is 18.4. The van der Waals surface area contributed by atoms with Gasteiger partial charge in [0.05, 0.1) is 23.5 Å². The Bertz CT molecular complexity index is 1030. The van der Waals surface area contributed by atoms with Gasteiger partial charge in [0.1, 0.15) is 11.6 Å². The van der Waals surface area contributed by atoms with E-state index in [9.17, 15) is 9.18 Å². The largest absolute Gasteiger partial charge is 0.345 e. The zero-order chi connectivity index (χ0) is 21.8. The maximum atomic E-state index is 13.5. The lowest BCUT2D eigenvalue weighted by Crippen LogP contribution is -2.43. The van der Waals surface area contributed by atoms with Crippen LogP contribution in [0.2, 0.25) is 0 Å². The van der Waals surface area contributed by atoms with E-state index >= 15 is 0 Å². The Hall–Kier alpha value is -2.73. The van der Waals surface area contributed by atoms with Gasteiger partial charge in [-0.3, -0.25) is 14.3 Å². The number of likely N-dealkylation sites (tertiary alicyclic amines) is 1. The molecule has 1 saturated heterocycles. The molecule has 0 unspecified atom stereocenters. The maximum Gasteiger partial charge on any atom is 0.226 e. The monoisotopic (exact) mass is 422 g/mol. The van der Waals surface area contributed by atoms with E-state index < -0.39 is 0 Å². The van der Waals surface area contributed by atoms with E-state index in [1.165, 1.54) is 12.1 Å². The summed E-state index contributed by atoms with van der Waals surface area (Å²) in [6.45, 7) is 5.34. The van der Waals surface area contributed by atoms with Gasteiger partial charge in [-0.15, -0.1) is 0 Å². The van der Waals surface area contributed by atoms with Crippen LogP contribution in [-0.2, 0) is 11.3 Å². The Balaban J connectivity index is 1.56. The molecule has 0 saturated carbocycles. The number of para-hydroxylation sites is 2. The molecule has 1 aromatic heterocycles. The fourth-order valence-electron chi connectivity index (χ4n) is 4.48. The predicted molar refractivity (Wildman–Crippen MR) is 122 cm³/mol. The molecular weight excluding hydrogens is 391 g/mol. The predicted octanol–water partition coefficient (Wildman–Crippen LogP) is 4.64. The summed E-state index contributed by atoms with van der Waals surface area (Å²) in [7, 11) is 1.92. The topological polar surface area (TPSA) is 41.4 Å². The number of aromatic nitrogens is 2. The van der Waals surface area contributed by atoms with Crippen molar-refractivity contribution in [1.29, 1.82) is 0 Å². The third-order valence-corrected chi connectivity index (χ3v) is 6.16. The molecule has 4 rings (SSSR count). The van der Waals surface area contributed by atoms with Crippen molar-refractivity contribution in [2.75, 3.05) is 26.7 Å². The average molecular weight is 423 g/mol. The van der Waals surface area contributed by atoms with E-state index in [1.54, 1.807) is 12.1 Å². The maximum absolute atomic E-state index is 13.5. The van der Waals surface area contributed by atoms with Crippen LogP contribution in [0.5, 0.6) is 0 Å². The first-order valence-electron chi connectivity index (χ1n) is 11.3. The van der Waals surface area contributed by atoms with Crippen LogP contribution in [0.4, 0.5) is 4.39 Å². The van der Waals surface area contributed by atoms with Gasteiger partial charge < -0.3 is 4.90 Å². The van der Waals surface area contributed by atoms with Gasteiger partial charge in [-0.05, 0) is 62.2 Å². The Morgan fingerprint density at radius 3 is 2.74 bits per heavy atom. The highest BCUT2D eigenvalue weighted by molar-refractivity contribution is 5.79. The third-order valence-electron chi connectivity index (χ3n) is 6.16. The van der Waals surface area contributed by atoms with Crippen LogP contribution in [0, 0.1) is 11.7 Å². The Morgan fingerprint density at radius 1 is 1.19 bits per heavy atom. The Labute approximate surface area is 183 Å². The molecule has 1 amide bonds. The minimum atomic E-state index is -0.251. The number of carbonyl (C=O) groups excluding carboxylic acids is 1. The van der Waals surface area contributed by atoms with E-state index in [4.69, 9.17) is 4.98 Å². The fraction of sp³-hybridized carbons (Fsp3) is 0.440. The number of imidazole rings is 1. The van der Waals surface area contributed by atoms with Crippen molar-refractivity contribution < 1.29 is 9.18 Å². The van der Waals surface area contributed by atoms with Crippen molar-refractivity contribution in [3.05, 3.63) is 60.2 Å². The molecule has 6 heteroatoms. The summed E-state index contributed by atoms with van der Waals surface area (Å²) in [5, 5.41) is 0. The quantitative estimate of drug-likeness (QED) is 0.557. The van der Waals surface area contributed by atoms with Gasteiger partial charge in [-0.25, -0.2) is 9.37 Å². The Morgan fingerprint density at radius 2 is 1.97 bits per heavy atom. The Kier molecular flexibility index (Phi) is 6.66. The number of nitrogens with zero attached hydrogens (tertiary/aromatic N) is 4. The van der Waals surface area contributed by atoms with E-state index in [2.05, 4.69) is 16.4 Å². The van der Waals surface area contributed by atoms with Crippen LogP contribution in [0.1, 0.15) is 38.4 Å². The van der Waals surface area contributed by atoms with Crippen molar-refractivity contribution in [2.24, 2.45) is 5.92 Å². The second-order valence-electron chi connectivity index (χ2n) is 8.52. The summed E-state index contributed by atoms with van der Waals surface area (Å²) >= 11 is 0. The number of piperidine rings is 1. The summed E-state index contributed by atoms with van der Waals surface area (Å²) in [4.78, 5) is 22.0. The minimum absolute atomic E-state index is 0.0410. The molecule has 2 heterocycles. The van der Waals surface area contributed by atoms with Gasteiger partial charge in [-0.1, -0.05) is 25.5 Å². The number of rotatable bonds is 7. The van der Waals surface area contributed by atoms with Crippen LogP contribution >= 0.6 is 0 Å². The van der Waals surface area contributed by atoms with Crippen molar-refractivity contribution in [1.82, 2.24) is 19.4 Å². The van der Waals surface area contributed by atoms with Gasteiger partial charge in [0.15, 0.2) is 0 Å². The molecule has 1 atom stereocenters. The van der Waals surface area contributed by atoms with Crippen LogP contribution in [0.15, 0.2) is 48.5 Å². The molecule has 2 aromatic carbocycles. The lowest BCUT2D eigenvalue weighted by molar-refractivity contribution is -0.136. The van der Waals surface area contributed by atoms with Crippen LogP contribution < -0.4 is 0 Å². The SMILES string of the molecule is CCCCN(C)C(=O)[C@H]1CCCN(Cc2nc3ccccc3n2-c2ccc(F)cc2)C1. The molecule has 164 valence electrons. The second-order valence-corrected chi connectivity index (χ2v) is 8.52. The summed E-state index contributed by atoms with van der Waals surface area (Å²) in [5.41, 5.74) is 2.83. The highest BCUT2D eigenvalue weighted by atomic mass is 19.1. The zero-order valence-electron chi connectivity index (χ0n) is 18.4. The summed E-state index contributed by atoms with van der Waals surface area (Å²) < 4.78 is 15.6. The molecular formula is C25H31FN4O. The van der Waals surface area contributed by atoms with Crippen molar-refractivity contribution in [3.63, 3.8) is 0 Å². The first kappa shape index (κ1) is 21.5. The average Bonchev–Trinajstić information content (AvgIpc) is 3.15. The summed E-state index contributed by atoms with van der Waals surface area (Å²) in [5.74, 6) is 0.962. The highest BCUT2D eigenvalue weighted by Gasteiger charge is 2.28. The van der Waals surface area contributed by atoms with Gasteiger partial charge in [0, 0.05) is 25.8 Å². The van der Waals surface area contributed by atoms with Crippen LogP contribution in [0.3, 0.4) is 0 Å². The van der Waals surface area contributed by atoms with E-state index in [1.807, 2.05) is 36.2 Å². The number of hydrogen-bond donors (Lipinski definition) is 0. The number of amides is 1. The highest BCUT2D eigenvalue weighted by Crippen LogP contribution is 2.25. The summed E-state index contributed by atoms with van der Waals surface area (Å²) in [6, 6.07) is 14.6. The third kappa shape index (κ3) is 4.79. The minimum Gasteiger partial charge on any atom is -0.345 e. The molecule has 1 aliphatic rings. The normalized spacial score (nSPS) is 17.2. The number of carbonyl (C=O) groups is 1. The lowest BCUT2D eigenvalue weighted by Gasteiger charge is -2.33. The van der Waals surface area contributed by atoms with E-state index in [-0.39, 0.29) is 17.6 Å². The number of benzene rings is 2. The fourth-order valence-corrected chi connectivity index (χ4v) is 4.48. The first-order chi connectivity index (χ1) is 15.1. The molecule has 0 spiro atoms. The van der Waals surface area contributed by atoms with Crippen LogP contribution in [0.25, 0.3) is 16.7 Å². The number of unbranched alkanes of at least 4 members (excludes halogenated alkanes) is 1. The lowest BCUT2D eigenvalue weighted by atomic mass is 9.96. The number of halogens is 1. The standard InChI is InChI=1S/C25H31FN4O/c1-3-4-15-28(2)25(31)19-8-7-16-29(17-19)18-24-27-22-9-5-6-10-23(22)30(24)21-13-11-20(26)12-14-21/h5-6,9-14,19H,3-4,7-8,15-18H2,1-2H3/t19-/m0/s1. The molecule has 1 aliphatic heterocycles. The molecule has 5 nitrogen and oxygen atoms in total. The van der Waals surface area contributed by atoms with Crippen molar-refractivity contribution in [2.45, 2.75) is 39.2 Å².